The Bertz CT molecular complexity index is 328. The van der Waals surface area contributed by atoms with Gasteiger partial charge < -0.3 is 14.9 Å². The van der Waals surface area contributed by atoms with E-state index in [2.05, 4.69) is 0 Å². The summed E-state index contributed by atoms with van der Waals surface area (Å²) in [5, 5.41) is 17.9. The molecule has 2 unspecified atom stereocenters. The lowest BCUT2D eigenvalue weighted by Gasteiger charge is -2.36. The number of ether oxygens (including phenoxy) is 1. The van der Waals surface area contributed by atoms with Crippen LogP contribution in [0.5, 0.6) is 0 Å². The first kappa shape index (κ1) is 17.0. The van der Waals surface area contributed by atoms with Gasteiger partial charge in [-0.05, 0) is 39.0 Å². The van der Waals surface area contributed by atoms with Crippen LogP contribution < -0.4 is 0 Å². The van der Waals surface area contributed by atoms with Gasteiger partial charge >= 0.3 is 11.9 Å². The van der Waals surface area contributed by atoms with Crippen molar-refractivity contribution in [3.8, 4) is 0 Å². The zero-order valence-corrected chi connectivity index (χ0v) is 12.3. The van der Waals surface area contributed by atoms with Crippen LogP contribution in [0.3, 0.4) is 0 Å². The molecule has 0 aromatic heterocycles. The number of aliphatic hydroxyl groups is 1. The molecule has 0 aromatic rings. The van der Waals surface area contributed by atoms with Crippen molar-refractivity contribution in [3.05, 3.63) is 0 Å². The van der Waals surface area contributed by atoms with E-state index in [1.807, 2.05) is 0 Å². The van der Waals surface area contributed by atoms with Gasteiger partial charge in [-0.2, -0.15) is 0 Å². The van der Waals surface area contributed by atoms with Crippen LogP contribution in [0.4, 0.5) is 0 Å². The number of rotatable bonds is 8. The lowest BCUT2D eigenvalue weighted by Crippen LogP contribution is -2.43. The van der Waals surface area contributed by atoms with E-state index in [1.165, 1.54) is 0 Å². The smallest absolute Gasteiger partial charge is 0.312 e. The predicted octanol–water partition coefficient (Wildman–Crippen LogP) is 2.36. The van der Waals surface area contributed by atoms with Crippen LogP contribution in [0.15, 0.2) is 0 Å². The van der Waals surface area contributed by atoms with Crippen LogP contribution in [-0.2, 0) is 14.3 Å². The van der Waals surface area contributed by atoms with Crippen LogP contribution in [0, 0.1) is 11.3 Å². The molecule has 116 valence electrons. The zero-order chi connectivity index (χ0) is 15.0. The number of aliphatic hydroxyl groups excluding tert-OH is 1. The molecule has 1 saturated carbocycles. The minimum absolute atomic E-state index is 0.193. The fourth-order valence-electron chi connectivity index (χ4n) is 2.87. The number of carbonyl (C=O) groups is 2. The lowest BCUT2D eigenvalue weighted by atomic mass is 9.67. The molecule has 0 spiro atoms. The summed E-state index contributed by atoms with van der Waals surface area (Å²) in [5.41, 5.74) is -0.880. The Morgan fingerprint density at radius 3 is 2.55 bits per heavy atom. The van der Waals surface area contributed by atoms with Gasteiger partial charge in [-0.3, -0.25) is 9.59 Å². The Balaban J connectivity index is 2.41. The first-order valence-corrected chi connectivity index (χ1v) is 7.53. The Hall–Kier alpha value is -1.10. The van der Waals surface area contributed by atoms with Crippen molar-refractivity contribution < 1.29 is 24.5 Å². The second-order valence-electron chi connectivity index (χ2n) is 5.83. The molecule has 1 aliphatic carbocycles. The molecule has 0 heterocycles. The normalized spacial score (nSPS) is 26.2. The van der Waals surface area contributed by atoms with Crippen molar-refractivity contribution in [1.82, 2.24) is 0 Å². The van der Waals surface area contributed by atoms with Gasteiger partial charge in [0.05, 0.1) is 17.9 Å². The number of aliphatic carboxylic acids is 1. The molecule has 20 heavy (non-hydrogen) atoms. The van der Waals surface area contributed by atoms with Gasteiger partial charge in [-0.1, -0.05) is 19.3 Å². The Morgan fingerprint density at radius 2 is 1.90 bits per heavy atom. The number of unbranched alkanes of at least 4 members (excludes halogenated alkanes) is 3. The summed E-state index contributed by atoms with van der Waals surface area (Å²) in [6.07, 6.45) is 6.25. The number of carbonyl (C=O) groups excluding carboxylic acids is 1. The van der Waals surface area contributed by atoms with Crippen molar-refractivity contribution in [3.63, 3.8) is 0 Å². The van der Waals surface area contributed by atoms with E-state index in [0.29, 0.717) is 19.4 Å². The Labute approximate surface area is 120 Å². The summed E-state index contributed by atoms with van der Waals surface area (Å²) in [4.78, 5) is 23.5. The van der Waals surface area contributed by atoms with E-state index >= 15 is 0 Å². The quantitative estimate of drug-likeness (QED) is 0.528. The van der Waals surface area contributed by atoms with Gasteiger partial charge in [0.2, 0.25) is 0 Å². The van der Waals surface area contributed by atoms with Gasteiger partial charge in [0.15, 0.2) is 0 Å². The number of hydrogen-bond acceptors (Lipinski definition) is 4. The SMILES string of the molecule is CC1(C(=O)OCCCCCCO)CCCCC1C(=O)O. The molecule has 0 saturated heterocycles. The molecular formula is C15H26O5. The standard InChI is InChI=1S/C15H26O5/c1-15(9-5-4-8-12(15)13(17)18)14(19)20-11-7-3-2-6-10-16/h12,16H,2-11H2,1H3,(H,17,18). The van der Waals surface area contributed by atoms with Crippen molar-refractivity contribution in [2.45, 2.75) is 58.3 Å². The van der Waals surface area contributed by atoms with Crippen LogP contribution in [0.2, 0.25) is 0 Å². The molecular weight excluding hydrogens is 260 g/mol. The van der Waals surface area contributed by atoms with Crippen molar-refractivity contribution >= 4 is 11.9 Å². The molecule has 0 bridgehead atoms. The van der Waals surface area contributed by atoms with Gasteiger partial charge in [0.1, 0.15) is 0 Å². The highest BCUT2D eigenvalue weighted by Gasteiger charge is 2.47. The largest absolute Gasteiger partial charge is 0.481 e. The number of hydrogen-bond donors (Lipinski definition) is 2. The van der Waals surface area contributed by atoms with E-state index in [9.17, 15) is 14.7 Å². The van der Waals surface area contributed by atoms with E-state index in [4.69, 9.17) is 9.84 Å². The highest BCUT2D eigenvalue weighted by atomic mass is 16.5. The molecule has 0 aliphatic heterocycles. The second-order valence-corrected chi connectivity index (χ2v) is 5.83. The highest BCUT2D eigenvalue weighted by Crippen LogP contribution is 2.42. The lowest BCUT2D eigenvalue weighted by molar-refractivity contribution is -0.169. The van der Waals surface area contributed by atoms with E-state index < -0.39 is 17.3 Å². The van der Waals surface area contributed by atoms with E-state index in [0.717, 1.165) is 38.5 Å². The maximum atomic E-state index is 12.2. The summed E-state index contributed by atoms with van der Waals surface area (Å²) < 4.78 is 5.28. The summed E-state index contributed by atoms with van der Waals surface area (Å²) in [6.45, 7) is 2.25. The van der Waals surface area contributed by atoms with Crippen molar-refractivity contribution in [2.75, 3.05) is 13.2 Å². The van der Waals surface area contributed by atoms with Gasteiger partial charge in [-0.15, -0.1) is 0 Å². The molecule has 2 N–H and O–H groups in total. The van der Waals surface area contributed by atoms with E-state index in [1.54, 1.807) is 6.92 Å². The fourth-order valence-corrected chi connectivity index (χ4v) is 2.87. The van der Waals surface area contributed by atoms with Crippen LogP contribution in [-0.4, -0.2) is 35.4 Å². The molecule has 1 rings (SSSR count). The van der Waals surface area contributed by atoms with Gasteiger partial charge in [-0.25, -0.2) is 0 Å². The minimum atomic E-state index is -0.896. The summed E-state index contributed by atoms with van der Waals surface area (Å²) >= 11 is 0. The molecule has 1 aliphatic rings. The average molecular weight is 286 g/mol. The first-order chi connectivity index (χ1) is 9.52. The van der Waals surface area contributed by atoms with Crippen LogP contribution in [0.1, 0.15) is 58.3 Å². The van der Waals surface area contributed by atoms with Crippen molar-refractivity contribution in [1.29, 1.82) is 0 Å². The maximum Gasteiger partial charge on any atom is 0.312 e. The molecule has 5 nitrogen and oxygen atoms in total. The molecule has 5 heteroatoms. The number of carboxylic acid groups (broad SMARTS) is 1. The Morgan fingerprint density at radius 1 is 1.20 bits per heavy atom. The van der Waals surface area contributed by atoms with Gasteiger partial charge in [0, 0.05) is 6.61 Å². The third kappa shape index (κ3) is 4.47. The topological polar surface area (TPSA) is 83.8 Å². The average Bonchev–Trinajstić information content (AvgIpc) is 2.42. The first-order valence-electron chi connectivity index (χ1n) is 7.53. The molecule has 1 fully saturated rings. The number of esters is 1. The summed E-state index contributed by atoms with van der Waals surface area (Å²) in [5.74, 6) is -1.89. The molecule has 0 radical (unpaired) electrons. The third-order valence-electron chi connectivity index (χ3n) is 4.26. The highest BCUT2D eigenvalue weighted by molar-refractivity contribution is 5.84. The van der Waals surface area contributed by atoms with Gasteiger partial charge in [0.25, 0.3) is 0 Å². The monoisotopic (exact) mass is 286 g/mol. The van der Waals surface area contributed by atoms with Crippen LogP contribution in [0.25, 0.3) is 0 Å². The molecule has 0 amide bonds. The maximum absolute atomic E-state index is 12.2. The predicted molar refractivity (Wildman–Crippen MR) is 74.2 cm³/mol. The summed E-state index contributed by atoms with van der Waals surface area (Å²) in [6, 6.07) is 0. The molecule has 0 aromatic carbocycles. The minimum Gasteiger partial charge on any atom is -0.481 e. The second kappa shape index (κ2) is 8.25. The van der Waals surface area contributed by atoms with Crippen molar-refractivity contribution in [2.24, 2.45) is 11.3 Å². The number of carboxylic acids is 1. The summed E-state index contributed by atoms with van der Waals surface area (Å²) in [7, 11) is 0. The van der Waals surface area contributed by atoms with E-state index in [-0.39, 0.29) is 12.6 Å². The Kier molecular flexibility index (Phi) is 6.99. The van der Waals surface area contributed by atoms with Crippen LogP contribution >= 0.6 is 0 Å². The third-order valence-corrected chi connectivity index (χ3v) is 4.26. The molecule has 2 atom stereocenters. The fraction of sp³-hybridized carbons (Fsp3) is 0.867. The zero-order valence-electron chi connectivity index (χ0n) is 12.3.